The fourth-order valence-corrected chi connectivity index (χ4v) is 3.52. The average Bonchev–Trinajstić information content (AvgIpc) is 2.80. The fourth-order valence-electron chi connectivity index (χ4n) is 3.52. The van der Waals surface area contributed by atoms with Gasteiger partial charge in [-0.05, 0) is 55.9 Å². The molecule has 0 amide bonds. The topological polar surface area (TPSA) is 78.4 Å². The number of ether oxygens (including phenoxy) is 2. The molecule has 0 N–H and O–H groups in total. The maximum atomic E-state index is 14.5. The molecule has 1 aliphatic rings. The van der Waals surface area contributed by atoms with Crippen LogP contribution in [0.4, 0.5) is 17.6 Å². The van der Waals surface area contributed by atoms with Gasteiger partial charge >= 0.3 is 18.1 Å². The number of alkyl halides is 3. The Labute approximate surface area is 193 Å². The van der Waals surface area contributed by atoms with Crippen molar-refractivity contribution < 1.29 is 36.6 Å². The molecule has 10 heteroatoms. The second-order valence-electron chi connectivity index (χ2n) is 7.86. The van der Waals surface area contributed by atoms with Crippen molar-refractivity contribution >= 4 is 11.9 Å². The smallest absolute Gasteiger partial charge is 0.423 e. The molecule has 0 unspecified atom stereocenters. The second-order valence-corrected chi connectivity index (χ2v) is 7.86. The molecule has 1 aliphatic carbocycles. The first-order chi connectivity index (χ1) is 16.1. The van der Waals surface area contributed by atoms with Crippen molar-refractivity contribution in [1.29, 1.82) is 0 Å². The van der Waals surface area contributed by atoms with Crippen LogP contribution < -0.4 is 4.74 Å². The molecule has 1 fully saturated rings. The molecule has 34 heavy (non-hydrogen) atoms. The quantitative estimate of drug-likeness (QED) is 0.176. The number of aromatic nitrogens is 2. The molecule has 6 nitrogen and oxygen atoms in total. The van der Waals surface area contributed by atoms with Crippen LogP contribution in [0, 0.1) is 17.7 Å². The predicted molar refractivity (Wildman–Crippen MR) is 114 cm³/mol. The number of carbonyl (C=O) groups is 2. The second kappa shape index (κ2) is 10.6. The summed E-state index contributed by atoms with van der Waals surface area (Å²) in [7, 11) is 0. The molecule has 1 saturated carbocycles. The normalized spacial score (nSPS) is 18.1. The molecule has 0 saturated heterocycles. The number of hydrogen-bond acceptors (Lipinski definition) is 6. The maximum absolute atomic E-state index is 14.5. The van der Waals surface area contributed by atoms with Gasteiger partial charge in [-0.3, -0.25) is 9.59 Å². The number of rotatable bonds is 7. The first-order valence-corrected chi connectivity index (χ1v) is 10.5. The maximum Gasteiger partial charge on any atom is 0.449 e. The van der Waals surface area contributed by atoms with Crippen molar-refractivity contribution in [2.75, 3.05) is 0 Å². The minimum atomic E-state index is -4.82. The van der Waals surface area contributed by atoms with Gasteiger partial charge in [0.1, 0.15) is 0 Å². The number of esters is 2. The molecular weight excluding hydrogens is 456 g/mol. The van der Waals surface area contributed by atoms with Crippen LogP contribution in [0.2, 0.25) is 0 Å². The Bertz CT molecular complexity index is 1080. The summed E-state index contributed by atoms with van der Waals surface area (Å²) in [4.78, 5) is 32.7. The minimum Gasteiger partial charge on any atom is -0.423 e. The van der Waals surface area contributed by atoms with Crippen LogP contribution in [0.3, 0.4) is 0 Å². The van der Waals surface area contributed by atoms with Crippen molar-refractivity contribution in [2.24, 2.45) is 11.8 Å². The Morgan fingerprint density at radius 3 is 2.18 bits per heavy atom. The Morgan fingerprint density at radius 1 is 1.06 bits per heavy atom. The Morgan fingerprint density at radius 2 is 1.65 bits per heavy atom. The van der Waals surface area contributed by atoms with E-state index >= 15 is 0 Å². The molecule has 3 rings (SSSR count). The summed E-state index contributed by atoms with van der Waals surface area (Å²) < 4.78 is 61.4. The molecule has 0 atom stereocenters. The highest BCUT2D eigenvalue weighted by molar-refractivity contribution is 5.77. The molecular formula is C24H22F4N2O4. The van der Waals surface area contributed by atoms with Gasteiger partial charge in [0, 0.05) is 18.0 Å². The van der Waals surface area contributed by atoms with E-state index in [-0.39, 0.29) is 31.4 Å². The lowest BCUT2D eigenvalue weighted by Crippen LogP contribution is -2.30. The lowest BCUT2D eigenvalue weighted by Gasteiger charge is -2.26. The van der Waals surface area contributed by atoms with Crippen LogP contribution in [-0.4, -0.2) is 28.1 Å². The molecule has 0 radical (unpaired) electrons. The average molecular weight is 478 g/mol. The van der Waals surface area contributed by atoms with Crippen molar-refractivity contribution in [3.05, 3.63) is 67.0 Å². The van der Waals surface area contributed by atoms with Crippen LogP contribution in [0.1, 0.15) is 31.2 Å². The molecule has 2 aromatic rings. The van der Waals surface area contributed by atoms with Crippen molar-refractivity contribution in [3.8, 4) is 17.1 Å². The van der Waals surface area contributed by atoms with E-state index in [4.69, 9.17) is 4.74 Å². The predicted octanol–water partition coefficient (Wildman–Crippen LogP) is 5.34. The third-order valence-corrected chi connectivity index (χ3v) is 5.42. The van der Waals surface area contributed by atoms with Gasteiger partial charge in [0.25, 0.3) is 0 Å². The van der Waals surface area contributed by atoms with E-state index < -0.39 is 41.5 Å². The van der Waals surface area contributed by atoms with Crippen LogP contribution in [-0.2, 0) is 20.7 Å². The van der Waals surface area contributed by atoms with Gasteiger partial charge in [0.2, 0.25) is 5.76 Å². The standard InChI is InChI=1S/C24H22F4N2O4/c1-3-4-15-12-29-21(30-13-15)18-9-10-20(19(25)11-18)34-23(32)17-7-5-16(6-8-17)22(31)33-14(2)24(26,27)28/h3,9-13,16-17H,1-2,4-8H2. The lowest BCUT2D eigenvalue weighted by atomic mass is 9.82. The van der Waals surface area contributed by atoms with Gasteiger partial charge in [-0.2, -0.15) is 13.2 Å². The third-order valence-electron chi connectivity index (χ3n) is 5.42. The first kappa shape index (κ1) is 25.1. The molecule has 0 spiro atoms. The van der Waals surface area contributed by atoms with Gasteiger partial charge in [-0.25, -0.2) is 14.4 Å². The number of allylic oxidation sites excluding steroid dienone is 2. The van der Waals surface area contributed by atoms with E-state index in [2.05, 4.69) is 27.9 Å². The van der Waals surface area contributed by atoms with Crippen molar-refractivity contribution in [2.45, 2.75) is 38.3 Å². The zero-order valence-corrected chi connectivity index (χ0v) is 18.1. The molecule has 1 aromatic heterocycles. The summed E-state index contributed by atoms with van der Waals surface area (Å²) in [6.45, 7) is 6.34. The SMILES string of the molecule is C=CCc1cnc(-c2ccc(OC(=O)C3CCC(C(=O)OC(=C)C(F)(F)F)CC3)c(F)c2)nc1. The van der Waals surface area contributed by atoms with Gasteiger partial charge in [-0.1, -0.05) is 12.7 Å². The van der Waals surface area contributed by atoms with Gasteiger partial charge in [0.05, 0.1) is 11.8 Å². The van der Waals surface area contributed by atoms with Gasteiger partial charge in [0.15, 0.2) is 17.4 Å². The summed E-state index contributed by atoms with van der Waals surface area (Å²) in [6.07, 6.45) is 1.40. The van der Waals surface area contributed by atoms with E-state index in [1.54, 1.807) is 18.5 Å². The highest BCUT2D eigenvalue weighted by Gasteiger charge is 2.38. The number of benzene rings is 1. The molecule has 1 heterocycles. The first-order valence-electron chi connectivity index (χ1n) is 10.5. The molecule has 180 valence electrons. The number of hydrogen-bond donors (Lipinski definition) is 0. The van der Waals surface area contributed by atoms with Crippen LogP contribution in [0.25, 0.3) is 11.4 Å². The lowest BCUT2D eigenvalue weighted by molar-refractivity contribution is -0.165. The van der Waals surface area contributed by atoms with E-state index in [0.717, 1.165) is 11.6 Å². The van der Waals surface area contributed by atoms with Crippen molar-refractivity contribution in [1.82, 2.24) is 9.97 Å². The summed E-state index contributed by atoms with van der Waals surface area (Å²) >= 11 is 0. The molecule has 0 aliphatic heterocycles. The minimum absolute atomic E-state index is 0.143. The fraction of sp³-hybridized carbons (Fsp3) is 0.333. The van der Waals surface area contributed by atoms with Crippen molar-refractivity contribution in [3.63, 3.8) is 0 Å². The summed E-state index contributed by atoms with van der Waals surface area (Å²) in [5, 5.41) is 0. The van der Waals surface area contributed by atoms with Gasteiger partial charge in [-0.15, -0.1) is 6.58 Å². The highest BCUT2D eigenvalue weighted by atomic mass is 19.4. The van der Waals surface area contributed by atoms with E-state index in [0.29, 0.717) is 17.8 Å². The third kappa shape index (κ3) is 6.27. The Hall–Kier alpha value is -3.56. The molecule has 1 aromatic carbocycles. The monoisotopic (exact) mass is 478 g/mol. The number of halogens is 4. The largest absolute Gasteiger partial charge is 0.449 e. The van der Waals surface area contributed by atoms with Gasteiger partial charge < -0.3 is 9.47 Å². The highest BCUT2D eigenvalue weighted by Crippen LogP contribution is 2.33. The van der Waals surface area contributed by atoms with E-state index in [9.17, 15) is 27.2 Å². The summed E-state index contributed by atoms with van der Waals surface area (Å²) in [5.74, 6) is -5.41. The number of carbonyl (C=O) groups excluding carboxylic acids is 2. The summed E-state index contributed by atoms with van der Waals surface area (Å²) in [5.41, 5.74) is 1.26. The van der Waals surface area contributed by atoms with E-state index in [1.165, 1.54) is 12.1 Å². The zero-order valence-electron chi connectivity index (χ0n) is 18.1. The summed E-state index contributed by atoms with van der Waals surface area (Å²) in [6, 6.07) is 3.98. The molecule has 0 bridgehead atoms. The van der Waals surface area contributed by atoms with Crippen LogP contribution in [0.15, 0.2) is 55.6 Å². The van der Waals surface area contributed by atoms with Crippen LogP contribution in [0.5, 0.6) is 5.75 Å². The number of nitrogens with zero attached hydrogens (tertiary/aromatic N) is 2. The zero-order chi connectivity index (χ0) is 24.9. The Balaban J connectivity index is 1.55. The van der Waals surface area contributed by atoms with E-state index in [1.807, 2.05) is 0 Å². The van der Waals surface area contributed by atoms with Crippen LogP contribution >= 0.6 is 0 Å². The Kier molecular flexibility index (Phi) is 7.80.